The van der Waals surface area contributed by atoms with E-state index in [9.17, 15) is 4.79 Å². The lowest BCUT2D eigenvalue weighted by Crippen LogP contribution is -2.46. The Balaban J connectivity index is 2.23. The van der Waals surface area contributed by atoms with Gasteiger partial charge >= 0.3 is 0 Å². The summed E-state index contributed by atoms with van der Waals surface area (Å²) in [7, 11) is 0. The minimum atomic E-state index is 0.152. The van der Waals surface area contributed by atoms with E-state index in [1.54, 1.807) is 11.3 Å². The number of nitrogens with zero attached hydrogens (tertiary/aromatic N) is 3. The molecular formula is C14H24N4OS. The molecule has 1 aliphatic rings. The fourth-order valence-electron chi connectivity index (χ4n) is 2.39. The minimum absolute atomic E-state index is 0.152. The van der Waals surface area contributed by atoms with E-state index in [1.165, 1.54) is 0 Å². The summed E-state index contributed by atoms with van der Waals surface area (Å²) in [6.45, 7) is 11.5. The molecule has 1 aromatic heterocycles. The van der Waals surface area contributed by atoms with E-state index in [0.717, 1.165) is 61.4 Å². The maximum atomic E-state index is 12.6. The van der Waals surface area contributed by atoms with Gasteiger partial charge in [0.15, 0.2) is 5.13 Å². The highest BCUT2D eigenvalue weighted by molar-refractivity contribution is 7.17. The summed E-state index contributed by atoms with van der Waals surface area (Å²) in [5, 5.41) is 4.25. The first-order valence-corrected chi connectivity index (χ1v) is 8.27. The summed E-state index contributed by atoms with van der Waals surface area (Å²) in [5.74, 6) is 0.152. The second kappa shape index (κ2) is 7.04. The van der Waals surface area contributed by atoms with E-state index in [0.29, 0.717) is 0 Å². The molecule has 1 N–H and O–H groups in total. The number of thiazole rings is 1. The first kappa shape index (κ1) is 15.3. The molecular weight excluding hydrogens is 272 g/mol. The molecule has 0 saturated carbocycles. The van der Waals surface area contributed by atoms with Crippen LogP contribution in [0.2, 0.25) is 0 Å². The second-order valence-corrected chi connectivity index (χ2v) is 5.82. The largest absolute Gasteiger partial charge is 0.349 e. The Kier molecular flexibility index (Phi) is 5.37. The van der Waals surface area contributed by atoms with Gasteiger partial charge in [-0.25, -0.2) is 4.98 Å². The van der Waals surface area contributed by atoms with Gasteiger partial charge < -0.3 is 15.1 Å². The van der Waals surface area contributed by atoms with Crippen molar-refractivity contribution in [1.29, 1.82) is 0 Å². The van der Waals surface area contributed by atoms with Crippen LogP contribution in [-0.2, 0) is 6.42 Å². The molecule has 1 fully saturated rings. The van der Waals surface area contributed by atoms with Gasteiger partial charge in [-0.1, -0.05) is 18.3 Å². The van der Waals surface area contributed by atoms with Crippen molar-refractivity contribution in [3.63, 3.8) is 0 Å². The van der Waals surface area contributed by atoms with E-state index in [1.807, 2.05) is 4.90 Å². The van der Waals surface area contributed by atoms with Gasteiger partial charge in [-0.3, -0.25) is 4.79 Å². The number of anilines is 1. The normalized spacial score (nSPS) is 15.4. The zero-order valence-corrected chi connectivity index (χ0v) is 13.4. The van der Waals surface area contributed by atoms with Gasteiger partial charge in [-0.15, -0.1) is 0 Å². The summed E-state index contributed by atoms with van der Waals surface area (Å²) in [6.07, 6.45) is 0.810. The van der Waals surface area contributed by atoms with E-state index >= 15 is 0 Å². The molecule has 0 spiro atoms. The van der Waals surface area contributed by atoms with Crippen molar-refractivity contribution in [3.8, 4) is 0 Å². The molecule has 0 aromatic carbocycles. The van der Waals surface area contributed by atoms with Crippen LogP contribution in [0.4, 0.5) is 5.13 Å². The maximum absolute atomic E-state index is 12.6. The number of rotatable bonds is 5. The zero-order valence-electron chi connectivity index (χ0n) is 12.6. The number of piperazine rings is 1. The van der Waals surface area contributed by atoms with Gasteiger partial charge in [-0.2, -0.15) is 0 Å². The van der Waals surface area contributed by atoms with Crippen LogP contribution < -0.4 is 10.2 Å². The number of carbonyl (C=O) groups excluding carboxylic acids is 1. The van der Waals surface area contributed by atoms with Crippen LogP contribution in [-0.4, -0.2) is 55.1 Å². The molecule has 1 aliphatic heterocycles. The van der Waals surface area contributed by atoms with Crippen molar-refractivity contribution in [1.82, 2.24) is 15.2 Å². The Labute approximate surface area is 125 Å². The van der Waals surface area contributed by atoms with Crippen LogP contribution >= 0.6 is 11.3 Å². The molecule has 6 heteroatoms. The quantitative estimate of drug-likeness (QED) is 0.896. The van der Waals surface area contributed by atoms with Crippen LogP contribution in [0.25, 0.3) is 0 Å². The smallest absolute Gasteiger partial charge is 0.266 e. The molecule has 1 saturated heterocycles. The molecule has 0 radical (unpaired) electrons. The molecule has 20 heavy (non-hydrogen) atoms. The van der Waals surface area contributed by atoms with Crippen LogP contribution in [0.1, 0.15) is 36.1 Å². The predicted molar refractivity (Wildman–Crippen MR) is 83.8 cm³/mol. The zero-order chi connectivity index (χ0) is 14.5. The predicted octanol–water partition coefficient (Wildman–Crippen LogP) is 1.60. The van der Waals surface area contributed by atoms with Crippen molar-refractivity contribution in [2.45, 2.75) is 27.2 Å². The van der Waals surface area contributed by atoms with E-state index in [-0.39, 0.29) is 5.91 Å². The van der Waals surface area contributed by atoms with Gasteiger partial charge in [0.2, 0.25) is 0 Å². The second-order valence-electron chi connectivity index (χ2n) is 4.84. The summed E-state index contributed by atoms with van der Waals surface area (Å²) in [6, 6.07) is 0. The molecule has 1 amide bonds. The maximum Gasteiger partial charge on any atom is 0.266 e. The van der Waals surface area contributed by atoms with Crippen molar-refractivity contribution in [2.24, 2.45) is 0 Å². The average molecular weight is 296 g/mol. The van der Waals surface area contributed by atoms with Crippen LogP contribution in [0, 0.1) is 0 Å². The topological polar surface area (TPSA) is 48.5 Å². The Bertz CT molecular complexity index is 450. The molecule has 2 rings (SSSR count). The van der Waals surface area contributed by atoms with Crippen LogP contribution in [0.5, 0.6) is 0 Å². The van der Waals surface area contributed by atoms with Crippen molar-refractivity contribution >= 4 is 22.4 Å². The molecule has 0 bridgehead atoms. The summed E-state index contributed by atoms with van der Waals surface area (Å²) >= 11 is 1.55. The molecule has 2 heterocycles. The van der Waals surface area contributed by atoms with Crippen molar-refractivity contribution in [3.05, 3.63) is 10.6 Å². The van der Waals surface area contributed by atoms with Gasteiger partial charge in [0, 0.05) is 39.3 Å². The highest BCUT2D eigenvalue weighted by Crippen LogP contribution is 2.28. The van der Waals surface area contributed by atoms with Gasteiger partial charge in [0.1, 0.15) is 4.88 Å². The SMILES string of the molecule is CCc1nc(N(CC)CC)sc1C(=O)N1CCNCC1. The third-order valence-electron chi connectivity index (χ3n) is 3.65. The van der Waals surface area contributed by atoms with Gasteiger partial charge in [-0.05, 0) is 20.3 Å². The molecule has 0 unspecified atom stereocenters. The number of aromatic nitrogens is 1. The summed E-state index contributed by atoms with van der Waals surface area (Å²) < 4.78 is 0. The van der Waals surface area contributed by atoms with E-state index in [2.05, 4.69) is 36.0 Å². The summed E-state index contributed by atoms with van der Waals surface area (Å²) in [4.78, 5) is 22.3. The lowest BCUT2D eigenvalue weighted by Gasteiger charge is -2.27. The lowest BCUT2D eigenvalue weighted by atomic mass is 10.2. The minimum Gasteiger partial charge on any atom is -0.349 e. The van der Waals surface area contributed by atoms with Gasteiger partial charge in [0.05, 0.1) is 5.69 Å². The summed E-state index contributed by atoms with van der Waals surface area (Å²) in [5.41, 5.74) is 0.945. The number of hydrogen-bond acceptors (Lipinski definition) is 5. The Morgan fingerprint density at radius 2 is 1.95 bits per heavy atom. The monoisotopic (exact) mass is 296 g/mol. The number of aryl methyl sites for hydroxylation is 1. The highest BCUT2D eigenvalue weighted by atomic mass is 32.1. The molecule has 1 aromatic rings. The highest BCUT2D eigenvalue weighted by Gasteiger charge is 2.24. The molecule has 0 aliphatic carbocycles. The standard InChI is InChI=1S/C14H24N4OS/c1-4-11-12(13(19)18-9-7-15-8-10-18)20-14(16-11)17(5-2)6-3/h15H,4-10H2,1-3H3. The third-order valence-corrected chi connectivity index (χ3v) is 4.80. The average Bonchev–Trinajstić information content (AvgIpc) is 2.93. The third kappa shape index (κ3) is 3.12. The number of carbonyl (C=O) groups is 1. The first-order valence-electron chi connectivity index (χ1n) is 7.45. The lowest BCUT2D eigenvalue weighted by molar-refractivity contribution is 0.0739. The Morgan fingerprint density at radius 3 is 2.50 bits per heavy atom. The van der Waals surface area contributed by atoms with E-state index < -0.39 is 0 Å². The van der Waals surface area contributed by atoms with Crippen LogP contribution in [0.3, 0.4) is 0 Å². The van der Waals surface area contributed by atoms with Crippen LogP contribution in [0.15, 0.2) is 0 Å². The van der Waals surface area contributed by atoms with Crippen molar-refractivity contribution in [2.75, 3.05) is 44.2 Å². The molecule has 112 valence electrons. The van der Waals surface area contributed by atoms with Crippen molar-refractivity contribution < 1.29 is 4.79 Å². The van der Waals surface area contributed by atoms with E-state index in [4.69, 9.17) is 0 Å². The molecule has 0 atom stereocenters. The first-order chi connectivity index (χ1) is 9.71. The fourth-order valence-corrected chi connectivity index (χ4v) is 3.64. The molecule has 5 nitrogen and oxygen atoms in total. The number of amides is 1. The number of hydrogen-bond donors (Lipinski definition) is 1. The van der Waals surface area contributed by atoms with Gasteiger partial charge in [0.25, 0.3) is 5.91 Å². The Hall–Kier alpha value is -1.14. The Morgan fingerprint density at radius 1 is 1.30 bits per heavy atom. The fraction of sp³-hybridized carbons (Fsp3) is 0.714. The number of nitrogens with one attached hydrogen (secondary N) is 1.